The topological polar surface area (TPSA) is 19.7 Å². The van der Waals surface area contributed by atoms with E-state index in [2.05, 4.69) is 504 Å². The standard InChI is InChI=1S/2C58H40N2/c1-7-19-41(20-8-1)47-31-48(42-21-9-2-10-22-42)34-53(33-47)59-55(45-27-15-5-16-28-45)37-51-40-58-52(39-57(51)59)38-56(46-29-17-6-18-30-46)60(58)54-35-49(43-23-11-3-12-24-43)32-50(36-54)44-25-13-4-14-26-44;1-5-13-41(14-6-1)43-21-25-45(26-22-43)47-29-33-53(34-30-47)59-55(49-17-9-3-10-18-49)37-51-40-58-52(39-57(51)59)38-56(50-19-11-4-12-20-50)60(58)54-35-31-48(32-36-54)46-27-23-44(24-28-46)42-15-7-2-8-16-42/h2*1-40H. The normalized spacial score (nSPS) is 11.3. The monoisotopic (exact) mass is 1530 g/mol. The van der Waals surface area contributed by atoms with Gasteiger partial charge in [0, 0.05) is 44.3 Å². The second-order valence-electron chi connectivity index (χ2n) is 30.8. The van der Waals surface area contributed by atoms with Crippen molar-refractivity contribution < 1.29 is 0 Å². The van der Waals surface area contributed by atoms with E-state index in [4.69, 9.17) is 0 Å². The summed E-state index contributed by atoms with van der Waals surface area (Å²) in [6, 6.07) is 176. The van der Waals surface area contributed by atoms with Crippen LogP contribution in [0, 0.1) is 0 Å². The maximum Gasteiger partial charge on any atom is 0.0542 e. The molecule has 0 aliphatic carbocycles. The second-order valence-corrected chi connectivity index (χ2v) is 30.8. The fourth-order valence-electron chi connectivity index (χ4n) is 17.5. The predicted octanol–water partition coefficient (Wildman–Crippen LogP) is 31.2. The van der Waals surface area contributed by atoms with Crippen LogP contribution in [0.1, 0.15) is 0 Å². The van der Waals surface area contributed by atoms with E-state index in [0.717, 1.165) is 56.6 Å². The van der Waals surface area contributed by atoms with Gasteiger partial charge in [-0.15, -0.1) is 0 Å². The minimum absolute atomic E-state index is 1.12. The third kappa shape index (κ3) is 14.1. The zero-order chi connectivity index (χ0) is 79.7. The van der Waals surface area contributed by atoms with Gasteiger partial charge >= 0.3 is 0 Å². The van der Waals surface area contributed by atoms with Gasteiger partial charge in [-0.05, 0) is 220 Å². The van der Waals surface area contributed by atoms with Crippen molar-refractivity contribution in [2.45, 2.75) is 0 Å². The van der Waals surface area contributed by atoms with Crippen LogP contribution in [0.2, 0.25) is 0 Å². The summed E-state index contributed by atoms with van der Waals surface area (Å²) in [5, 5.41) is 4.73. The van der Waals surface area contributed by atoms with Crippen LogP contribution in [0.5, 0.6) is 0 Å². The van der Waals surface area contributed by atoms with Gasteiger partial charge in [-0.3, -0.25) is 0 Å². The van der Waals surface area contributed by atoms with Crippen LogP contribution in [0.15, 0.2) is 485 Å². The molecule has 120 heavy (non-hydrogen) atoms. The maximum absolute atomic E-state index is 2.46. The molecule has 22 aromatic rings. The Morgan fingerprint density at radius 1 is 0.100 bits per heavy atom. The molecule has 0 aliphatic rings. The number of fused-ring (bicyclic) bond motifs is 4. The molecule has 0 saturated carbocycles. The molecule has 0 amide bonds. The molecule has 0 radical (unpaired) electrons. The minimum atomic E-state index is 1.12. The van der Waals surface area contributed by atoms with Gasteiger partial charge in [0.15, 0.2) is 0 Å². The summed E-state index contributed by atoms with van der Waals surface area (Å²) >= 11 is 0. The number of benzene rings is 18. The molecule has 0 spiro atoms. The van der Waals surface area contributed by atoms with Gasteiger partial charge in [-0.25, -0.2) is 0 Å². The molecule has 0 bridgehead atoms. The smallest absolute Gasteiger partial charge is 0.0542 e. The van der Waals surface area contributed by atoms with E-state index in [1.54, 1.807) is 0 Å². The van der Waals surface area contributed by atoms with Crippen LogP contribution in [-0.4, -0.2) is 18.3 Å². The molecule has 4 heteroatoms. The highest BCUT2D eigenvalue weighted by molar-refractivity contribution is 6.05. The molecule has 0 atom stereocenters. The average Bonchev–Trinajstić information content (AvgIpc) is 1.58. The van der Waals surface area contributed by atoms with Crippen molar-refractivity contribution >= 4 is 43.6 Å². The van der Waals surface area contributed by atoms with Crippen LogP contribution in [-0.2, 0) is 0 Å². The Hall–Kier alpha value is -15.9. The fourth-order valence-corrected chi connectivity index (χ4v) is 17.5. The Labute approximate surface area is 699 Å². The lowest BCUT2D eigenvalue weighted by molar-refractivity contribution is 1.13. The van der Waals surface area contributed by atoms with E-state index in [1.807, 2.05) is 0 Å². The van der Waals surface area contributed by atoms with Crippen molar-refractivity contribution in [2.75, 3.05) is 0 Å². The van der Waals surface area contributed by atoms with Crippen LogP contribution in [0.3, 0.4) is 0 Å². The second kappa shape index (κ2) is 31.7. The fraction of sp³-hybridized carbons (Fsp3) is 0. The molecular weight excluding hydrogens is 1450 g/mol. The zero-order valence-electron chi connectivity index (χ0n) is 66.0. The van der Waals surface area contributed by atoms with Crippen LogP contribution >= 0.6 is 0 Å². The number of nitrogens with zero attached hydrogens (tertiary/aromatic N) is 4. The lowest BCUT2D eigenvalue weighted by Gasteiger charge is -2.17. The van der Waals surface area contributed by atoms with Crippen LogP contribution in [0.25, 0.3) is 200 Å². The first-order chi connectivity index (χ1) is 59.5. The summed E-state index contributed by atoms with van der Waals surface area (Å²) in [7, 11) is 0. The maximum atomic E-state index is 2.46. The van der Waals surface area contributed by atoms with Crippen molar-refractivity contribution in [1.82, 2.24) is 18.3 Å². The molecular formula is C116H80N4. The summed E-state index contributed by atoms with van der Waals surface area (Å²) in [5.74, 6) is 0. The lowest BCUT2D eigenvalue weighted by Crippen LogP contribution is -1.99. The molecule has 18 aromatic carbocycles. The number of rotatable bonds is 16. The van der Waals surface area contributed by atoms with Crippen molar-refractivity contribution in [3.63, 3.8) is 0 Å². The molecule has 4 aromatic heterocycles. The van der Waals surface area contributed by atoms with Crippen LogP contribution in [0.4, 0.5) is 0 Å². The van der Waals surface area contributed by atoms with Gasteiger partial charge in [0.25, 0.3) is 0 Å². The summed E-state index contributed by atoms with van der Waals surface area (Å²) in [6.07, 6.45) is 0. The van der Waals surface area contributed by atoms with Crippen LogP contribution < -0.4 is 0 Å². The predicted molar refractivity (Wildman–Crippen MR) is 505 cm³/mol. The highest BCUT2D eigenvalue weighted by Crippen LogP contribution is 2.45. The van der Waals surface area contributed by atoms with E-state index in [9.17, 15) is 0 Å². The highest BCUT2D eigenvalue weighted by atomic mass is 15.0. The molecule has 4 nitrogen and oxygen atoms in total. The molecule has 0 aliphatic heterocycles. The Kier molecular flexibility index (Phi) is 19.0. The Balaban J connectivity index is 0.000000148. The SMILES string of the molecule is c1ccc(-c2cc(-c3ccccc3)cc(-n3c(-c4ccccc4)cc4cc5c(cc(-c6ccccc6)n5-c5cc(-c6ccccc6)cc(-c6ccccc6)c5)cc43)c2)cc1.c1ccc(-c2ccc(-c3ccc(-n4c(-c5ccccc5)cc5cc6c(cc(-c7ccccc7)n6-c6ccc(-c7ccc(-c8ccccc8)cc7)cc6)cc54)cc3)cc2)cc1. The largest absolute Gasteiger partial charge is 0.309 e. The molecule has 4 heterocycles. The quantitative estimate of drug-likeness (QED) is 0.0919. The summed E-state index contributed by atoms with van der Waals surface area (Å²) < 4.78 is 9.77. The van der Waals surface area contributed by atoms with Gasteiger partial charge < -0.3 is 18.3 Å². The van der Waals surface area contributed by atoms with E-state index >= 15 is 0 Å². The number of aromatic nitrogens is 4. The summed E-state index contributed by atoms with van der Waals surface area (Å²) in [5.41, 5.74) is 37.6. The number of hydrogen-bond donors (Lipinski definition) is 0. The van der Waals surface area contributed by atoms with Gasteiger partial charge in [-0.2, -0.15) is 0 Å². The summed E-state index contributed by atoms with van der Waals surface area (Å²) in [4.78, 5) is 0. The lowest BCUT2D eigenvalue weighted by atomic mass is 9.97. The van der Waals surface area contributed by atoms with Crippen molar-refractivity contribution in [1.29, 1.82) is 0 Å². The first-order valence-corrected chi connectivity index (χ1v) is 41.2. The molecule has 22 rings (SSSR count). The average molecular weight is 1530 g/mol. The van der Waals surface area contributed by atoms with E-state index < -0.39 is 0 Å². The molecule has 564 valence electrons. The number of hydrogen-bond acceptors (Lipinski definition) is 0. The van der Waals surface area contributed by atoms with E-state index in [-0.39, 0.29) is 0 Å². The highest BCUT2D eigenvalue weighted by Gasteiger charge is 2.23. The molecule has 0 saturated heterocycles. The van der Waals surface area contributed by atoms with Gasteiger partial charge in [-0.1, -0.05) is 376 Å². The van der Waals surface area contributed by atoms with Crippen molar-refractivity contribution in [2.24, 2.45) is 0 Å². The Morgan fingerprint density at radius 2 is 0.250 bits per heavy atom. The van der Waals surface area contributed by atoms with E-state index in [1.165, 1.54) is 144 Å². The van der Waals surface area contributed by atoms with Crippen molar-refractivity contribution in [3.8, 4) is 157 Å². The third-order valence-electron chi connectivity index (χ3n) is 23.4. The van der Waals surface area contributed by atoms with Gasteiger partial charge in [0.2, 0.25) is 0 Å². The zero-order valence-corrected chi connectivity index (χ0v) is 66.0. The third-order valence-corrected chi connectivity index (χ3v) is 23.4. The Bertz CT molecular complexity index is 6800. The molecule has 0 N–H and O–H groups in total. The van der Waals surface area contributed by atoms with Crippen molar-refractivity contribution in [3.05, 3.63) is 485 Å². The molecule has 0 fully saturated rings. The first-order valence-electron chi connectivity index (χ1n) is 41.2. The first kappa shape index (κ1) is 71.9. The summed E-state index contributed by atoms with van der Waals surface area (Å²) in [6.45, 7) is 0. The Morgan fingerprint density at radius 3 is 0.442 bits per heavy atom. The van der Waals surface area contributed by atoms with E-state index in [0.29, 0.717) is 0 Å². The molecule has 0 unspecified atom stereocenters. The van der Waals surface area contributed by atoms with Gasteiger partial charge in [0.1, 0.15) is 0 Å². The minimum Gasteiger partial charge on any atom is -0.309 e. The van der Waals surface area contributed by atoms with Gasteiger partial charge in [0.05, 0.1) is 44.8 Å².